The predicted octanol–water partition coefficient (Wildman–Crippen LogP) is -0.858. The molecule has 1 aromatic carbocycles. The summed E-state index contributed by atoms with van der Waals surface area (Å²) in [5.41, 5.74) is 0. The Labute approximate surface area is 80.5 Å². The molecule has 0 saturated carbocycles. The molecule has 1 rings (SSSR count). The molecule has 1 aromatic rings. The van der Waals surface area contributed by atoms with Gasteiger partial charge in [-0.1, -0.05) is 0 Å². The van der Waals surface area contributed by atoms with E-state index >= 15 is 0 Å². The summed E-state index contributed by atoms with van der Waals surface area (Å²) < 4.78 is 29.1. The summed E-state index contributed by atoms with van der Waals surface area (Å²) in [5.74, 6) is 0. The SMILES string of the molecule is FC(F)CO[I-]c1ccccc1. The Morgan fingerprint density at radius 3 is 2.50 bits per heavy atom. The molecule has 0 atom stereocenters. The van der Waals surface area contributed by atoms with E-state index in [0.717, 1.165) is 3.57 Å². The van der Waals surface area contributed by atoms with Crippen LogP contribution in [0.3, 0.4) is 0 Å². The second kappa shape index (κ2) is 5.42. The molecule has 0 unspecified atom stereocenters. The van der Waals surface area contributed by atoms with Gasteiger partial charge in [-0.2, -0.15) is 0 Å². The minimum atomic E-state index is -2.35. The third-order valence-corrected chi connectivity index (χ3v) is 2.96. The Morgan fingerprint density at radius 1 is 1.25 bits per heavy atom. The molecule has 0 aliphatic rings. The summed E-state index contributed by atoms with van der Waals surface area (Å²) in [6, 6.07) is 9.42. The van der Waals surface area contributed by atoms with E-state index in [1.165, 1.54) is 0 Å². The van der Waals surface area contributed by atoms with Gasteiger partial charge in [0, 0.05) is 0 Å². The predicted molar refractivity (Wildman–Crippen MR) is 37.1 cm³/mol. The zero-order chi connectivity index (χ0) is 8.81. The second-order valence-corrected chi connectivity index (χ2v) is 4.35. The Bertz CT molecular complexity index is 216. The van der Waals surface area contributed by atoms with E-state index in [0.29, 0.717) is 0 Å². The number of benzene rings is 1. The fourth-order valence-electron chi connectivity index (χ4n) is 0.608. The van der Waals surface area contributed by atoms with E-state index < -0.39 is 34.7 Å². The van der Waals surface area contributed by atoms with Gasteiger partial charge in [0.1, 0.15) is 0 Å². The summed E-state index contributed by atoms with van der Waals surface area (Å²) in [6.07, 6.45) is -2.35. The quantitative estimate of drug-likeness (QED) is 0.654. The number of halogens is 3. The number of alkyl halides is 2. The summed E-state index contributed by atoms with van der Waals surface area (Å²) in [5, 5.41) is 0. The van der Waals surface area contributed by atoms with Crippen molar-refractivity contribution in [1.29, 1.82) is 0 Å². The minimum absolute atomic E-state index is 0.442. The van der Waals surface area contributed by atoms with Crippen molar-refractivity contribution in [2.24, 2.45) is 0 Å². The van der Waals surface area contributed by atoms with Crippen molar-refractivity contribution in [2.45, 2.75) is 6.43 Å². The van der Waals surface area contributed by atoms with Gasteiger partial charge in [-0.05, 0) is 0 Å². The van der Waals surface area contributed by atoms with Gasteiger partial charge in [0.25, 0.3) is 0 Å². The van der Waals surface area contributed by atoms with Crippen LogP contribution in [0.2, 0.25) is 0 Å². The standard InChI is InChI=1S/C8H8F2IO/c9-8(10)6-12-11-7-4-2-1-3-5-7/h1-5,8H,6H2/q-1. The maximum absolute atomic E-state index is 11.6. The molecule has 0 aromatic heterocycles. The molecule has 0 saturated heterocycles. The molecule has 0 spiro atoms. The van der Waals surface area contributed by atoms with Crippen LogP contribution in [0.1, 0.15) is 0 Å². The molecular weight excluding hydrogens is 277 g/mol. The van der Waals surface area contributed by atoms with Gasteiger partial charge in [0.15, 0.2) is 0 Å². The van der Waals surface area contributed by atoms with Crippen molar-refractivity contribution in [1.82, 2.24) is 0 Å². The van der Waals surface area contributed by atoms with Crippen LogP contribution < -0.4 is 21.6 Å². The average molecular weight is 285 g/mol. The van der Waals surface area contributed by atoms with Gasteiger partial charge in [0.05, 0.1) is 0 Å². The van der Waals surface area contributed by atoms with Crippen LogP contribution in [-0.4, -0.2) is 13.0 Å². The zero-order valence-corrected chi connectivity index (χ0v) is 8.37. The number of hydrogen-bond acceptors (Lipinski definition) is 1. The van der Waals surface area contributed by atoms with Gasteiger partial charge in [-0.3, -0.25) is 0 Å². The number of hydrogen-bond donors (Lipinski definition) is 0. The molecule has 68 valence electrons. The van der Waals surface area contributed by atoms with Crippen LogP contribution in [0.4, 0.5) is 8.78 Å². The maximum atomic E-state index is 11.6. The van der Waals surface area contributed by atoms with E-state index in [1.807, 2.05) is 30.3 Å². The van der Waals surface area contributed by atoms with Crippen molar-refractivity contribution >= 4 is 0 Å². The molecule has 12 heavy (non-hydrogen) atoms. The van der Waals surface area contributed by atoms with Gasteiger partial charge in [-0.25, -0.2) is 0 Å². The van der Waals surface area contributed by atoms with Crippen molar-refractivity contribution < 1.29 is 33.5 Å². The van der Waals surface area contributed by atoms with Crippen LogP contribution in [-0.2, 0) is 3.07 Å². The van der Waals surface area contributed by atoms with Gasteiger partial charge in [0.2, 0.25) is 0 Å². The first-order valence-corrected chi connectivity index (χ1v) is 5.35. The fourth-order valence-corrected chi connectivity index (χ4v) is 2.13. The molecule has 0 radical (unpaired) electrons. The molecule has 1 nitrogen and oxygen atoms in total. The van der Waals surface area contributed by atoms with E-state index in [-0.39, 0.29) is 0 Å². The molecule has 0 amide bonds. The van der Waals surface area contributed by atoms with Crippen LogP contribution >= 0.6 is 0 Å². The van der Waals surface area contributed by atoms with E-state index in [1.54, 1.807) is 0 Å². The monoisotopic (exact) mass is 285 g/mol. The molecule has 0 N–H and O–H groups in total. The van der Waals surface area contributed by atoms with E-state index in [9.17, 15) is 8.78 Å². The topological polar surface area (TPSA) is 9.23 Å². The summed E-state index contributed by atoms with van der Waals surface area (Å²) in [7, 11) is 0. The first-order valence-electron chi connectivity index (χ1n) is 3.39. The summed E-state index contributed by atoms with van der Waals surface area (Å²) in [6.45, 7) is -0.442. The molecule has 0 aliphatic carbocycles. The zero-order valence-electron chi connectivity index (χ0n) is 6.21. The van der Waals surface area contributed by atoms with Gasteiger partial charge in [-0.15, -0.1) is 0 Å². The molecule has 0 fully saturated rings. The van der Waals surface area contributed by atoms with Crippen LogP contribution in [0.25, 0.3) is 0 Å². The van der Waals surface area contributed by atoms with Crippen molar-refractivity contribution in [3.8, 4) is 0 Å². The van der Waals surface area contributed by atoms with Crippen LogP contribution in [0.5, 0.6) is 0 Å². The van der Waals surface area contributed by atoms with Gasteiger partial charge >= 0.3 is 80.4 Å². The summed E-state index contributed by atoms with van der Waals surface area (Å²) >= 11 is -0.687. The van der Waals surface area contributed by atoms with E-state index in [4.69, 9.17) is 3.07 Å². The Kier molecular flexibility index (Phi) is 4.45. The molecule has 0 aliphatic heterocycles. The normalized spacial score (nSPS) is 10.9. The third kappa shape index (κ3) is 3.96. The fraction of sp³-hybridized carbons (Fsp3) is 0.250. The Hall–Kier alpha value is -0.230. The molecule has 0 heterocycles. The second-order valence-electron chi connectivity index (χ2n) is 2.04. The molecular formula is C8H8F2IO-. The molecule has 4 heteroatoms. The first kappa shape index (κ1) is 9.85. The average Bonchev–Trinajstić information content (AvgIpc) is 2.05. The Balaban J connectivity index is 2.25. The van der Waals surface area contributed by atoms with Crippen LogP contribution in [0, 0.1) is 3.57 Å². The van der Waals surface area contributed by atoms with Crippen LogP contribution in [0.15, 0.2) is 30.3 Å². The van der Waals surface area contributed by atoms with Crippen molar-refractivity contribution in [2.75, 3.05) is 6.61 Å². The summed E-state index contributed by atoms with van der Waals surface area (Å²) in [4.78, 5) is 0. The van der Waals surface area contributed by atoms with Crippen molar-refractivity contribution in [3.05, 3.63) is 33.9 Å². The van der Waals surface area contributed by atoms with Gasteiger partial charge < -0.3 is 0 Å². The Morgan fingerprint density at radius 2 is 1.92 bits per heavy atom. The number of rotatable bonds is 4. The van der Waals surface area contributed by atoms with Crippen molar-refractivity contribution in [3.63, 3.8) is 0 Å². The molecule has 0 bridgehead atoms. The van der Waals surface area contributed by atoms with E-state index in [2.05, 4.69) is 0 Å². The first-order chi connectivity index (χ1) is 5.79. The third-order valence-electron chi connectivity index (χ3n) is 1.07.